The first kappa shape index (κ1) is 21.9. The molecule has 2 rings (SSSR count). The Bertz CT molecular complexity index is 709. The second kappa shape index (κ2) is 8.49. The first-order chi connectivity index (χ1) is 11.2. The molecule has 25 heavy (non-hydrogen) atoms. The average molecular weight is 390 g/mol. The van der Waals surface area contributed by atoms with E-state index in [-0.39, 0.29) is 35.3 Å². The van der Waals surface area contributed by atoms with Crippen LogP contribution in [-0.2, 0) is 10.0 Å². The van der Waals surface area contributed by atoms with Gasteiger partial charge in [-0.25, -0.2) is 8.42 Å². The Hall–Kier alpha value is -1.15. The molecule has 0 aliphatic carbocycles. The summed E-state index contributed by atoms with van der Waals surface area (Å²) in [6.07, 6.45) is 0.885. The number of carbonyl (C=O) groups is 1. The summed E-state index contributed by atoms with van der Waals surface area (Å²) in [7, 11) is -2.06. The Morgan fingerprint density at radius 1 is 1.40 bits per heavy atom. The van der Waals surface area contributed by atoms with Gasteiger partial charge in [0.1, 0.15) is 0 Å². The third-order valence-electron chi connectivity index (χ3n) is 4.74. The number of rotatable bonds is 5. The van der Waals surface area contributed by atoms with Crippen LogP contribution in [0.5, 0.6) is 0 Å². The first-order valence-corrected chi connectivity index (χ1v) is 9.71. The number of nitrogens with two attached hydrogens (primary N) is 1. The van der Waals surface area contributed by atoms with Crippen molar-refractivity contribution in [3.05, 3.63) is 29.8 Å². The number of benzene rings is 1. The highest BCUT2D eigenvalue weighted by molar-refractivity contribution is 7.89. The van der Waals surface area contributed by atoms with Gasteiger partial charge in [0.15, 0.2) is 0 Å². The van der Waals surface area contributed by atoms with Gasteiger partial charge in [-0.3, -0.25) is 4.79 Å². The highest BCUT2D eigenvalue weighted by atomic mass is 35.5. The zero-order valence-electron chi connectivity index (χ0n) is 15.2. The average Bonchev–Trinajstić information content (AvgIpc) is 2.94. The molecule has 1 heterocycles. The number of amides is 1. The lowest BCUT2D eigenvalue weighted by molar-refractivity contribution is 0.0743. The SMILES string of the molecule is CC1CC(CN)CN1C(=O)c1cccc(S(=O)(=O)N(C)C(C)C)c1.Cl. The molecule has 8 heteroatoms. The van der Waals surface area contributed by atoms with E-state index < -0.39 is 10.0 Å². The summed E-state index contributed by atoms with van der Waals surface area (Å²) in [5.74, 6) is 0.172. The van der Waals surface area contributed by atoms with Crippen molar-refractivity contribution in [3.8, 4) is 0 Å². The smallest absolute Gasteiger partial charge is 0.254 e. The highest BCUT2D eigenvalue weighted by Gasteiger charge is 2.32. The van der Waals surface area contributed by atoms with Gasteiger partial charge in [-0.15, -0.1) is 12.4 Å². The van der Waals surface area contributed by atoms with Crippen molar-refractivity contribution < 1.29 is 13.2 Å². The van der Waals surface area contributed by atoms with E-state index in [1.807, 2.05) is 20.8 Å². The molecular formula is C17H28ClN3O3S. The lowest BCUT2D eigenvalue weighted by Gasteiger charge is -2.23. The van der Waals surface area contributed by atoms with Crippen LogP contribution >= 0.6 is 12.4 Å². The molecule has 0 radical (unpaired) electrons. The number of carbonyl (C=O) groups excluding carboxylic acids is 1. The van der Waals surface area contributed by atoms with Gasteiger partial charge in [0.25, 0.3) is 5.91 Å². The van der Waals surface area contributed by atoms with Crippen molar-refractivity contribution in [2.24, 2.45) is 11.7 Å². The van der Waals surface area contributed by atoms with E-state index in [1.54, 1.807) is 24.1 Å². The molecule has 1 aromatic rings. The van der Waals surface area contributed by atoms with E-state index >= 15 is 0 Å². The zero-order chi connectivity index (χ0) is 18.1. The van der Waals surface area contributed by atoms with Crippen molar-refractivity contribution >= 4 is 28.3 Å². The van der Waals surface area contributed by atoms with Crippen LogP contribution in [0.15, 0.2) is 29.2 Å². The molecule has 6 nitrogen and oxygen atoms in total. The number of halogens is 1. The monoisotopic (exact) mass is 389 g/mol. The van der Waals surface area contributed by atoms with E-state index in [9.17, 15) is 13.2 Å². The molecule has 0 bridgehead atoms. The third-order valence-corrected chi connectivity index (χ3v) is 6.77. The van der Waals surface area contributed by atoms with Crippen LogP contribution in [0.2, 0.25) is 0 Å². The fourth-order valence-corrected chi connectivity index (χ4v) is 4.41. The Morgan fingerprint density at radius 2 is 2.04 bits per heavy atom. The minimum atomic E-state index is -3.60. The van der Waals surface area contributed by atoms with Crippen LogP contribution in [0.25, 0.3) is 0 Å². The molecule has 142 valence electrons. The summed E-state index contributed by atoms with van der Waals surface area (Å²) in [5.41, 5.74) is 6.12. The number of nitrogens with zero attached hydrogens (tertiary/aromatic N) is 2. The molecule has 0 aromatic heterocycles. The molecule has 2 unspecified atom stereocenters. The normalized spacial score (nSPS) is 20.8. The lowest BCUT2D eigenvalue weighted by Crippen LogP contribution is -2.35. The summed E-state index contributed by atoms with van der Waals surface area (Å²) in [6.45, 7) is 6.80. The summed E-state index contributed by atoms with van der Waals surface area (Å²) >= 11 is 0. The highest BCUT2D eigenvalue weighted by Crippen LogP contribution is 2.25. The number of sulfonamides is 1. The molecule has 1 aliphatic heterocycles. The predicted molar refractivity (Wildman–Crippen MR) is 101 cm³/mol. The van der Waals surface area contributed by atoms with Crippen LogP contribution < -0.4 is 5.73 Å². The molecule has 1 amide bonds. The van der Waals surface area contributed by atoms with Crippen molar-refractivity contribution in [1.82, 2.24) is 9.21 Å². The Kier molecular flexibility index (Phi) is 7.43. The van der Waals surface area contributed by atoms with Crippen LogP contribution in [-0.4, -0.2) is 55.8 Å². The topological polar surface area (TPSA) is 83.7 Å². The Labute approximate surface area is 156 Å². The van der Waals surface area contributed by atoms with Crippen LogP contribution in [0.1, 0.15) is 37.6 Å². The van der Waals surface area contributed by atoms with E-state index in [1.165, 1.54) is 16.4 Å². The molecule has 0 spiro atoms. The fraction of sp³-hybridized carbons (Fsp3) is 0.588. The zero-order valence-corrected chi connectivity index (χ0v) is 16.8. The van der Waals surface area contributed by atoms with Gasteiger partial charge in [-0.05, 0) is 57.9 Å². The summed E-state index contributed by atoms with van der Waals surface area (Å²) < 4.78 is 26.5. The van der Waals surface area contributed by atoms with Crippen molar-refractivity contribution in [2.75, 3.05) is 20.1 Å². The molecule has 2 atom stereocenters. The van der Waals surface area contributed by atoms with Gasteiger partial charge in [0.2, 0.25) is 10.0 Å². The van der Waals surface area contributed by atoms with Crippen molar-refractivity contribution in [2.45, 2.75) is 44.2 Å². The van der Waals surface area contributed by atoms with Gasteiger partial charge >= 0.3 is 0 Å². The van der Waals surface area contributed by atoms with Gasteiger partial charge in [0.05, 0.1) is 4.90 Å². The fourth-order valence-electron chi connectivity index (χ4n) is 3.00. The minimum Gasteiger partial charge on any atom is -0.336 e. The Balaban J connectivity index is 0.00000312. The van der Waals surface area contributed by atoms with Crippen LogP contribution in [0.4, 0.5) is 0 Å². The van der Waals surface area contributed by atoms with Crippen molar-refractivity contribution in [1.29, 1.82) is 0 Å². The maximum atomic E-state index is 12.8. The minimum absolute atomic E-state index is 0. The molecule has 0 saturated carbocycles. The molecule has 1 fully saturated rings. The van der Waals surface area contributed by atoms with E-state index in [0.717, 1.165) is 6.42 Å². The van der Waals surface area contributed by atoms with Gasteiger partial charge in [-0.2, -0.15) is 4.31 Å². The predicted octanol–water partition coefficient (Wildman–Crippen LogP) is 1.95. The molecular weight excluding hydrogens is 362 g/mol. The number of hydrogen-bond acceptors (Lipinski definition) is 4. The summed E-state index contributed by atoms with van der Waals surface area (Å²) in [6, 6.07) is 6.25. The summed E-state index contributed by atoms with van der Waals surface area (Å²) in [4.78, 5) is 14.7. The largest absolute Gasteiger partial charge is 0.336 e. The standard InChI is InChI=1S/C17H27N3O3S.ClH/c1-12(2)19(4)24(22,23)16-7-5-6-15(9-16)17(21)20-11-14(10-18)8-13(20)3;/h5-7,9,12-14H,8,10-11,18H2,1-4H3;1H. The van der Waals surface area contributed by atoms with Gasteiger partial charge < -0.3 is 10.6 Å². The molecule has 1 aromatic carbocycles. The third kappa shape index (κ3) is 4.53. The van der Waals surface area contributed by atoms with Crippen LogP contribution in [0.3, 0.4) is 0 Å². The number of likely N-dealkylation sites (tertiary alicyclic amines) is 1. The van der Waals surface area contributed by atoms with Crippen LogP contribution in [0, 0.1) is 5.92 Å². The molecule has 1 saturated heterocycles. The second-order valence-corrected chi connectivity index (χ2v) is 8.78. The Morgan fingerprint density at radius 3 is 2.56 bits per heavy atom. The number of hydrogen-bond donors (Lipinski definition) is 1. The first-order valence-electron chi connectivity index (χ1n) is 8.27. The maximum Gasteiger partial charge on any atom is 0.254 e. The lowest BCUT2D eigenvalue weighted by atomic mass is 10.1. The van der Waals surface area contributed by atoms with Crippen molar-refractivity contribution in [3.63, 3.8) is 0 Å². The van der Waals surface area contributed by atoms with E-state index in [4.69, 9.17) is 5.73 Å². The quantitative estimate of drug-likeness (QED) is 0.834. The molecule has 1 aliphatic rings. The van der Waals surface area contributed by atoms with E-state index in [0.29, 0.717) is 24.6 Å². The summed E-state index contributed by atoms with van der Waals surface area (Å²) in [5, 5.41) is 0. The van der Waals surface area contributed by atoms with E-state index in [2.05, 4.69) is 0 Å². The van der Waals surface area contributed by atoms with Gasteiger partial charge in [-0.1, -0.05) is 6.07 Å². The molecule has 2 N–H and O–H groups in total. The maximum absolute atomic E-state index is 12.8. The second-order valence-electron chi connectivity index (χ2n) is 6.79. The van der Waals surface area contributed by atoms with Gasteiger partial charge in [0, 0.05) is 31.2 Å².